The van der Waals surface area contributed by atoms with Crippen LogP contribution in [0.4, 0.5) is 0 Å². The Hall–Kier alpha value is -0.650. The van der Waals surface area contributed by atoms with Crippen molar-refractivity contribution in [1.29, 1.82) is 0 Å². The van der Waals surface area contributed by atoms with Gasteiger partial charge in [-0.25, -0.2) is 0 Å². The van der Waals surface area contributed by atoms with Gasteiger partial charge in [0.25, 0.3) is 0 Å². The van der Waals surface area contributed by atoms with E-state index in [9.17, 15) is 4.79 Å². The first-order valence-electron chi connectivity index (χ1n) is 4.48. The topological polar surface area (TPSA) is 81.6 Å². The van der Waals surface area contributed by atoms with E-state index < -0.39 is 0 Å². The molecule has 13 heavy (non-hydrogen) atoms. The predicted octanol–water partition coefficient (Wildman–Crippen LogP) is -1.48. The van der Waals surface area contributed by atoms with Crippen molar-refractivity contribution in [2.75, 3.05) is 26.3 Å². The van der Waals surface area contributed by atoms with E-state index in [1.165, 1.54) is 0 Å². The third-order valence-corrected chi connectivity index (χ3v) is 2.09. The molecule has 0 spiro atoms. The average Bonchev–Trinajstić information content (AvgIpc) is 2.03. The fourth-order valence-electron chi connectivity index (χ4n) is 1.49. The summed E-state index contributed by atoms with van der Waals surface area (Å²) in [6, 6.07) is -0.250. The van der Waals surface area contributed by atoms with Gasteiger partial charge in [0.15, 0.2) is 0 Å². The van der Waals surface area contributed by atoms with Crippen LogP contribution in [0.2, 0.25) is 0 Å². The van der Waals surface area contributed by atoms with Crippen LogP contribution in [0.5, 0.6) is 0 Å². The maximum atomic E-state index is 11.0. The first kappa shape index (κ1) is 10.4. The Morgan fingerprint density at radius 1 is 1.77 bits per heavy atom. The zero-order valence-electron chi connectivity index (χ0n) is 7.90. The lowest BCUT2D eigenvalue weighted by atomic mass is 10.2. The number of hydrogen-bond donors (Lipinski definition) is 2. The quantitative estimate of drug-likeness (QED) is 0.564. The molecule has 5 nitrogen and oxygen atoms in total. The van der Waals surface area contributed by atoms with E-state index in [2.05, 4.69) is 0 Å². The molecular weight excluding hydrogens is 170 g/mol. The Kier molecular flexibility index (Phi) is 3.65. The number of ether oxygens (including phenoxy) is 1. The molecule has 1 saturated heterocycles. The van der Waals surface area contributed by atoms with Gasteiger partial charge < -0.3 is 16.2 Å². The van der Waals surface area contributed by atoms with Gasteiger partial charge in [0.1, 0.15) is 6.04 Å². The van der Waals surface area contributed by atoms with Gasteiger partial charge in [0.05, 0.1) is 13.2 Å². The Morgan fingerprint density at radius 3 is 3.00 bits per heavy atom. The van der Waals surface area contributed by atoms with Crippen LogP contribution in [0.15, 0.2) is 0 Å². The normalized spacial score (nSPS) is 27.1. The van der Waals surface area contributed by atoms with Crippen LogP contribution in [0.3, 0.4) is 0 Å². The number of nitrogens with zero attached hydrogens (tertiary/aromatic N) is 1. The van der Waals surface area contributed by atoms with Gasteiger partial charge in [0, 0.05) is 19.1 Å². The van der Waals surface area contributed by atoms with Crippen LogP contribution in [0.1, 0.15) is 6.92 Å². The van der Waals surface area contributed by atoms with Crippen LogP contribution in [-0.2, 0) is 9.53 Å². The van der Waals surface area contributed by atoms with Gasteiger partial charge >= 0.3 is 0 Å². The van der Waals surface area contributed by atoms with Crippen LogP contribution < -0.4 is 11.5 Å². The molecule has 0 aliphatic carbocycles. The lowest BCUT2D eigenvalue weighted by Gasteiger charge is -2.34. The van der Waals surface area contributed by atoms with E-state index in [0.29, 0.717) is 19.8 Å². The fraction of sp³-hybridized carbons (Fsp3) is 0.875. The Balaban J connectivity index is 2.51. The molecule has 4 N–H and O–H groups in total. The Labute approximate surface area is 78.0 Å². The summed E-state index contributed by atoms with van der Waals surface area (Å²) in [5, 5.41) is 0. The Bertz CT molecular complexity index is 184. The molecule has 0 aromatic rings. The smallest absolute Gasteiger partial charge is 0.237 e. The molecular formula is C8H17N3O2. The molecule has 1 aliphatic heterocycles. The number of nitrogens with two attached hydrogens (primary N) is 2. The zero-order valence-corrected chi connectivity index (χ0v) is 7.90. The van der Waals surface area contributed by atoms with E-state index in [-0.39, 0.29) is 18.0 Å². The van der Waals surface area contributed by atoms with E-state index in [1.54, 1.807) is 0 Å². The summed E-state index contributed by atoms with van der Waals surface area (Å²) in [5.41, 5.74) is 10.9. The number of carbonyl (C=O) groups excluding carboxylic acids is 1. The molecule has 0 radical (unpaired) electrons. The lowest BCUT2D eigenvalue weighted by molar-refractivity contribution is -0.129. The summed E-state index contributed by atoms with van der Waals surface area (Å²) < 4.78 is 5.17. The first-order valence-corrected chi connectivity index (χ1v) is 4.48. The Morgan fingerprint density at radius 2 is 2.46 bits per heavy atom. The van der Waals surface area contributed by atoms with Gasteiger partial charge in [-0.1, -0.05) is 0 Å². The van der Waals surface area contributed by atoms with Crippen LogP contribution >= 0.6 is 0 Å². The van der Waals surface area contributed by atoms with Crippen molar-refractivity contribution >= 4 is 5.91 Å². The van der Waals surface area contributed by atoms with Crippen molar-refractivity contribution in [2.24, 2.45) is 11.5 Å². The van der Waals surface area contributed by atoms with Gasteiger partial charge in [-0.2, -0.15) is 0 Å². The summed E-state index contributed by atoms with van der Waals surface area (Å²) in [6.45, 7) is 4.37. The van der Waals surface area contributed by atoms with Crippen LogP contribution in [0.25, 0.3) is 0 Å². The molecule has 0 bridgehead atoms. The summed E-state index contributed by atoms with van der Waals surface area (Å²) in [4.78, 5) is 13.0. The number of carbonyl (C=O) groups is 1. The third-order valence-electron chi connectivity index (χ3n) is 2.09. The van der Waals surface area contributed by atoms with E-state index in [4.69, 9.17) is 16.2 Å². The van der Waals surface area contributed by atoms with Crippen molar-refractivity contribution in [3.8, 4) is 0 Å². The fourth-order valence-corrected chi connectivity index (χ4v) is 1.49. The first-order chi connectivity index (χ1) is 6.11. The average molecular weight is 187 g/mol. The minimum Gasteiger partial charge on any atom is -0.378 e. The SMILES string of the molecule is CC(N)CN1CCOCC1C(N)=O. The number of rotatable bonds is 3. The van der Waals surface area contributed by atoms with Crippen molar-refractivity contribution < 1.29 is 9.53 Å². The lowest BCUT2D eigenvalue weighted by Crippen LogP contribution is -2.55. The summed E-state index contributed by atoms with van der Waals surface area (Å²) in [5.74, 6) is -0.333. The molecule has 0 aromatic carbocycles. The molecule has 0 aromatic heterocycles. The number of hydrogen-bond acceptors (Lipinski definition) is 4. The number of primary amides is 1. The molecule has 76 valence electrons. The maximum Gasteiger partial charge on any atom is 0.237 e. The molecule has 1 amide bonds. The van der Waals surface area contributed by atoms with E-state index in [0.717, 1.165) is 6.54 Å². The minimum absolute atomic E-state index is 0.0555. The highest BCUT2D eigenvalue weighted by atomic mass is 16.5. The highest BCUT2D eigenvalue weighted by Gasteiger charge is 2.27. The minimum atomic E-state index is -0.333. The van der Waals surface area contributed by atoms with Gasteiger partial charge in [-0.05, 0) is 6.92 Å². The van der Waals surface area contributed by atoms with E-state index >= 15 is 0 Å². The van der Waals surface area contributed by atoms with Crippen molar-refractivity contribution in [3.05, 3.63) is 0 Å². The molecule has 1 heterocycles. The molecule has 0 saturated carbocycles. The number of amides is 1. The predicted molar refractivity (Wildman–Crippen MR) is 49.0 cm³/mol. The highest BCUT2D eigenvalue weighted by Crippen LogP contribution is 2.06. The second-order valence-electron chi connectivity index (χ2n) is 3.47. The third kappa shape index (κ3) is 2.95. The molecule has 2 atom stereocenters. The van der Waals surface area contributed by atoms with Crippen molar-refractivity contribution in [1.82, 2.24) is 4.90 Å². The summed E-state index contributed by atoms with van der Waals surface area (Å²) >= 11 is 0. The van der Waals surface area contributed by atoms with E-state index in [1.807, 2.05) is 11.8 Å². The van der Waals surface area contributed by atoms with Crippen molar-refractivity contribution in [3.63, 3.8) is 0 Å². The van der Waals surface area contributed by atoms with Gasteiger partial charge in [0.2, 0.25) is 5.91 Å². The molecule has 1 rings (SSSR count). The van der Waals surface area contributed by atoms with Crippen LogP contribution in [0, 0.1) is 0 Å². The van der Waals surface area contributed by atoms with Gasteiger partial charge in [-0.3, -0.25) is 9.69 Å². The van der Waals surface area contributed by atoms with Crippen molar-refractivity contribution in [2.45, 2.75) is 19.0 Å². The molecule has 2 unspecified atom stereocenters. The molecule has 5 heteroatoms. The second kappa shape index (κ2) is 4.55. The van der Waals surface area contributed by atoms with Gasteiger partial charge in [-0.15, -0.1) is 0 Å². The summed E-state index contributed by atoms with van der Waals surface area (Å²) in [6.07, 6.45) is 0. The zero-order chi connectivity index (χ0) is 9.84. The highest BCUT2D eigenvalue weighted by molar-refractivity contribution is 5.80. The van der Waals surface area contributed by atoms with Crippen LogP contribution in [-0.4, -0.2) is 49.2 Å². The monoisotopic (exact) mass is 187 g/mol. The largest absolute Gasteiger partial charge is 0.378 e. The number of morpholine rings is 1. The molecule has 1 aliphatic rings. The standard InChI is InChI=1S/C8H17N3O2/c1-6(9)4-11-2-3-13-5-7(11)8(10)12/h6-7H,2-5,9H2,1H3,(H2,10,12). The maximum absolute atomic E-state index is 11.0. The summed E-state index contributed by atoms with van der Waals surface area (Å²) in [7, 11) is 0. The molecule has 1 fully saturated rings. The second-order valence-corrected chi connectivity index (χ2v) is 3.47.